The lowest BCUT2D eigenvalue weighted by Crippen LogP contribution is -2.20. The second-order valence-corrected chi connectivity index (χ2v) is 10.0. The molecule has 4 heterocycles. The molecule has 10 heteroatoms. The number of halogens is 2. The summed E-state index contributed by atoms with van der Waals surface area (Å²) in [5.74, 6) is -0.319. The van der Waals surface area contributed by atoms with E-state index in [1.165, 1.54) is 18.2 Å². The fourth-order valence-corrected chi connectivity index (χ4v) is 5.39. The number of carbonyl (C=O) groups excluding carboxylic acids is 1. The fourth-order valence-electron chi connectivity index (χ4n) is 5.39. The molecule has 1 aliphatic rings. The number of aromatic nitrogens is 6. The van der Waals surface area contributed by atoms with Crippen molar-refractivity contribution in [2.24, 2.45) is 5.92 Å². The second kappa shape index (κ2) is 9.64. The minimum atomic E-state index is -0.448. The summed E-state index contributed by atoms with van der Waals surface area (Å²) in [6.45, 7) is 0. The van der Waals surface area contributed by atoms with Gasteiger partial charge in [-0.05, 0) is 55.3 Å². The van der Waals surface area contributed by atoms with Crippen molar-refractivity contribution in [2.45, 2.75) is 25.7 Å². The molecule has 40 heavy (non-hydrogen) atoms. The van der Waals surface area contributed by atoms with Crippen LogP contribution < -0.4 is 5.32 Å². The smallest absolute Gasteiger partial charge is 0.227 e. The molecule has 0 unspecified atom stereocenters. The Kier molecular flexibility index (Phi) is 5.80. The summed E-state index contributed by atoms with van der Waals surface area (Å²) in [6, 6.07) is 12.7. The summed E-state index contributed by atoms with van der Waals surface area (Å²) in [5, 5.41) is 10.9. The fraction of sp³-hybridized carbons (Fsp3) is 0.167. The third-order valence-corrected chi connectivity index (χ3v) is 7.44. The molecule has 4 aromatic heterocycles. The van der Waals surface area contributed by atoms with Crippen molar-refractivity contribution in [1.29, 1.82) is 0 Å². The molecule has 8 nitrogen and oxygen atoms in total. The van der Waals surface area contributed by atoms with Crippen LogP contribution in [0.5, 0.6) is 0 Å². The second-order valence-electron chi connectivity index (χ2n) is 10.0. The predicted octanol–water partition coefficient (Wildman–Crippen LogP) is 6.64. The molecule has 2 aromatic carbocycles. The van der Waals surface area contributed by atoms with E-state index in [1.54, 1.807) is 48.9 Å². The summed E-state index contributed by atoms with van der Waals surface area (Å²) in [4.78, 5) is 29.4. The minimum Gasteiger partial charge on any atom is -0.336 e. The van der Waals surface area contributed by atoms with E-state index >= 15 is 4.39 Å². The third-order valence-electron chi connectivity index (χ3n) is 7.44. The molecule has 1 saturated carbocycles. The van der Waals surface area contributed by atoms with Crippen molar-refractivity contribution >= 4 is 33.5 Å². The van der Waals surface area contributed by atoms with Gasteiger partial charge in [-0.15, -0.1) is 0 Å². The Morgan fingerprint density at radius 3 is 2.58 bits per heavy atom. The van der Waals surface area contributed by atoms with Crippen LogP contribution in [-0.4, -0.2) is 36.0 Å². The van der Waals surface area contributed by atoms with E-state index in [0.29, 0.717) is 50.4 Å². The molecule has 0 saturated heterocycles. The van der Waals surface area contributed by atoms with Gasteiger partial charge in [0.1, 0.15) is 22.8 Å². The zero-order chi connectivity index (χ0) is 27.2. The predicted molar refractivity (Wildman–Crippen MR) is 148 cm³/mol. The maximum Gasteiger partial charge on any atom is 0.227 e. The Morgan fingerprint density at radius 1 is 0.925 bits per heavy atom. The number of benzene rings is 2. The van der Waals surface area contributed by atoms with Crippen LogP contribution >= 0.6 is 0 Å². The van der Waals surface area contributed by atoms with Crippen LogP contribution in [-0.2, 0) is 4.79 Å². The average Bonchev–Trinajstić information content (AvgIpc) is 3.72. The normalized spacial score (nSPS) is 13.8. The van der Waals surface area contributed by atoms with Gasteiger partial charge in [-0.3, -0.25) is 19.9 Å². The van der Waals surface area contributed by atoms with Crippen LogP contribution in [0.4, 0.5) is 14.5 Å². The number of amides is 1. The van der Waals surface area contributed by atoms with Gasteiger partial charge < -0.3 is 10.3 Å². The molecule has 7 rings (SSSR count). The average molecular weight is 536 g/mol. The first-order valence-corrected chi connectivity index (χ1v) is 13.1. The molecule has 3 N–H and O–H groups in total. The number of pyridine rings is 2. The first kappa shape index (κ1) is 24.1. The SMILES string of the molecule is O=C(Nc1cncc(-c2cc3c(-c4nc5c(-c6ccc(F)cc6)nccc5[nH]4)n[nH]c3cc2F)c1)C1CCCC1. The van der Waals surface area contributed by atoms with Crippen LogP contribution in [0.3, 0.4) is 0 Å². The molecule has 0 atom stereocenters. The van der Waals surface area contributed by atoms with Crippen LogP contribution in [0.2, 0.25) is 0 Å². The Bertz CT molecular complexity index is 1890. The highest BCUT2D eigenvalue weighted by Crippen LogP contribution is 2.34. The Hall–Kier alpha value is -4.99. The first-order valence-electron chi connectivity index (χ1n) is 13.1. The number of nitrogens with one attached hydrogen (secondary N) is 3. The summed E-state index contributed by atoms with van der Waals surface area (Å²) in [5.41, 5.74) is 5.08. The molecule has 198 valence electrons. The van der Waals surface area contributed by atoms with E-state index in [9.17, 15) is 9.18 Å². The Morgan fingerprint density at radius 2 is 1.75 bits per heavy atom. The van der Waals surface area contributed by atoms with Gasteiger partial charge in [0, 0.05) is 46.5 Å². The van der Waals surface area contributed by atoms with E-state index in [-0.39, 0.29) is 17.6 Å². The van der Waals surface area contributed by atoms with E-state index in [2.05, 4.69) is 30.5 Å². The largest absolute Gasteiger partial charge is 0.336 e. The van der Waals surface area contributed by atoms with Crippen molar-refractivity contribution in [3.8, 4) is 33.9 Å². The van der Waals surface area contributed by atoms with Gasteiger partial charge in [0.2, 0.25) is 5.91 Å². The number of rotatable bonds is 5. The number of hydrogen-bond acceptors (Lipinski definition) is 5. The van der Waals surface area contributed by atoms with Gasteiger partial charge in [0.15, 0.2) is 5.82 Å². The summed E-state index contributed by atoms with van der Waals surface area (Å²) < 4.78 is 28.7. The number of hydrogen-bond donors (Lipinski definition) is 3. The van der Waals surface area contributed by atoms with E-state index in [0.717, 1.165) is 36.8 Å². The lowest BCUT2D eigenvalue weighted by molar-refractivity contribution is -0.119. The van der Waals surface area contributed by atoms with Crippen LogP contribution in [0.15, 0.2) is 67.1 Å². The van der Waals surface area contributed by atoms with Gasteiger partial charge in [-0.2, -0.15) is 5.10 Å². The highest BCUT2D eigenvalue weighted by Gasteiger charge is 2.23. The highest BCUT2D eigenvalue weighted by molar-refractivity contribution is 5.98. The number of H-pyrrole nitrogens is 2. The zero-order valence-corrected chi connectivity index (χ0v) is 21.2. The number of carbonyl (C=O) groups is 1. The van der Waals surface area contributed by atoms with Crippen molar-refractivity contribution < 1.29 is 13.6 Å². The van der Waals surface area contributed by atoms with Crippen LogP contribution in [0.25, 0.3) is 55.8 Å². The molecular formula is C30H23F2N7O. The molecule has 0 aliphatic heterocycles. The van der Waals surface area contributed by atoms with Crippen molar-refractivity contribution in [1.82, 2.24) is 30.1 Å². The van der Waals surface area contributed by atoms with Gasteiger partial charge >= 0.3 is 0 Å². The molecule has 1 aliphatic carbocycles. The van der Waals surface area contributed by atoms with E-state index in [4.69, 9.17) is 4.98 Å². The monoisotopic (exact) mass is 535 g/mol. The summed E-state index contributed by atoms with van der Waals surface area (Å²) in [6.07, 6.45) is 8.68. The summed E-state index contributed by atoms with van der Waals surface area (Å²) in [7, 11) is 0. The Balaban J connectivity index is 1.27. The van der Waals surface area contributed by atoms with Crippen LogP contribution in [0.1, 0.15) is 25.7 Å². The van der Waals surface area contributed by atoms with E-state index < -0.39 is 5.82 Å². The maximum atomic E-state index is 15.3. The maximum absolute atomic E-state index is 15.3. The van der Waals surface area contributed by atoms with Gasteiger partial charge in [0.25, 0.3) is 0 Å². The lowest BCUT2D eigenvalue weighted by atomic mass is 10.0. The topological polar surface area (TPSA) is 112 Å². The molecule has 0 spiro atoms. The highest BCUT2D eigenvalue weighted by atomic mass is 19.1. The van der Waals surface area contributed by atoms with Crippen molar-refractivity contribution in [3.63, 3.8) is 0 Å². The lowest BCUT2D eigenvalue weighted by Gasteiger charge is -2.11. The number of nitrogens with zero attached hydrogens (tertiary/aromatic N) is 4. The van der Waals surface area contributed by atoms with Gasteiger partial charge in [-0.1, -0.05) is 12.8 Å². The number of fused-ring (bicyclic) bond motifs is 2. The quantitative estimate of drug-likeness (QED) is 0.229. The van der Waals surface area contributed by atoms with Crippen molar-refractivity contribution in [2.75, 3.05) is 5.32 Å². The zero-order valence-electron chi connectivity index (χ0n) is 21.2. The minimum absolute atomic E-state index is 0.00723. The summed E-state index contributed by atoms with van der Waals surface area (Å²) >= 11 is 0. The Labute approximate surface area is 226 Å². The van der Waals surface area contributed by atoms with Gasteiger partial charge in [-0.25, -0.2) is 13.8 Å². The third kappa shape index (κ3) is 4.27. The van der Waals surface area contributed by atoms with Crippen molar-refractivity contribution in [3.05, 3.63) is 78.8 Å². The number of aromatic amines is 2. The molecule has 1 fully saturated rings. The van der Waals surface area contributed by atoms with Gasteiger partial charge in [0.05, 0.1) is 28.6 Å². The van der Waals surface area contributed by atoms with E-state index in [1.807, 2.05) is 0 Å². The number of imidazole rings is 1. The number of anilines is 1. The molecule has 0 radical (unpaired) electrons. The van der Waals surface area contributed by atoms with Crippen LogP contribution in [0, 0.1) is 17.6 Å². The molecule has 1 amide bonds. The molecule has 0 bridgehead atoms. The standard InChI is InChI=1S/C30H23F2N7O/c31-19-7-5-16(6-8-19)26-28-24(9-10-34-26)36-29(37-28)27-22-12-21(23(32)13-25(22)38-39-27)18-11-20(15-33-14-18)35-30(40)17-3-1-2-4-17/h5-15,17H,1-4H2,(H,35,40)(H,36,37)(H,38,39). The first-order chi connectivity index (χ1) is 19.5. The molecular weight excluding hydrogens is 512 g/mol. The molecule has 6 aromatic rings.